The normalized spacial score (nSPS) is 11.5. The van der Waals surface area contributed by atoms with Crippen molar-refractivity contribution in [3.63, 3.8) is 0 Å². The summed E-state index contributed by atoms with van der Waals surface area (Å²) >= 11 is 0. The van der Waals surface area contributed by atoms with E-state index in [1.807, 2.05) is 30.3 Å². The van der Waals surface area contributed by atoms with Crippen LogP contribution in [0.5, 0.6) is 5.88 Å². The van der Waals surface area contributed by atoms with Crippen LogP contribution in [0.3, 0.4) is 0 Å². The predicted octanol–water partition coefficient (Wildman–Crippen LogP) is 3.51. The Morgan fingerprint density at radius 1 is 1.04 bits per heavy atom. The summed E-state index contributed by atoms with van der Waals surface area (Å²) < 4.78 is 40.8. The minimum Gasteiger partial charge on any atom is -0.468 e. The second-order valence-corrected chi connectivity index (χ2v) is 5.17. The fraction of sp³-hybridized carbons (Fsp3) is 0.294. The number of halogens is 4. The summed E-state index contributed by atoms with van der Waals surface area (Å²) in [4.78, 5) is 7.97. The third-order valence-electron chi connectivity index (χ3n) is 3.17. The molecule has 0 aliphatic rings. The number of hydrogen-bond donors (Lipinski definition) is 2. The summed E-state index contributed by atoms with van der Waals surface area (Å²) in [6.07, 6.45) is -2.91. The number of aromatic nitrogens is 1. The number of nitrogens with one attached hydrogen (secondary N) is 2. The van der Waals surface area contributed by atoms with Crippen LogP contribution in [0.4, 0.5) is 13.2 Å². The molecule has 5 nitrogen and oxygen atoms in total. The van der Waals surface area contributed by atoms with Crippen LogP contribution in [-0.2, 0) is 13.1 Å². The lowest BCUT2D eigenvalue weighted by molar-refractivity contribution is -0.154. The van der Waals surface area contributed by atoms with Gasteiger partial charge in [0.05, 0.1) is 0 Å². The standard InChI is InChI=1S/C17H19F3N4O.HI/c1-21-16(23-9-13-5-3-2-4-6-13)24-11-14-7-8-15(22-10-14)25-12-17(18,19)20;/h2-8,10H,9,11-12H2,1H3,(H2,21,23,24);1H. The van der Waals surface area contributed by atoms with Crippen molar-refractivity contribution in [3.8, 4) is 5.88 Å². The van der Waals surface area contributed by atoms with E-state index in [-0.39, 0.29) is 29.9 Å². The Morgan fingerprint density at radius 2 is 1.69 bits per heavy atom. The highest BCUT2D eigenvalue weighted by Crippen LogP contribution is 2.16. The van der Waals surface area contributed by atoms with Gasteiger partial charge in [0.15, 0.2) is 12.6 Å². The molecule has 0 unspecified atom stereocenters. The number of aliphatic imine (C=N–C) groups is 1. The van der Waals surface area contributed by atoms with Crippen molar-refractivity contribution in [2.45, 2.75) is 19.3 Å². The number of pyridine rings is 1. The van der Waals surface area contributed by atoms with E-state index in [4.69, 9.17) is 0 Å². The van der Waals surface area contributed by atoms with Crippen molar-refractivity contribution in [1.82, 2.24) is 15.6 Å². The monoisotopic (exact) mass is 480 g/mol. The van der Waals surface area contributed by atoms with Crippen LogP contribution in [0.25, 0.3) is 0 Å². The molecule has 2 N–H and O–H groups in total. The number of nitrogens with zero attached hydrogens (tertiary/aromatic N) is 2. The molecule has 0 saturated heterocycles. The lowest BCUT2D eigenvalue weighted by Gasteiger charge is -2.12. The molecule has 1 aromatic heterocycles. The van der Waals surface area contributed by atoms with Gasteiger partial charge in [0.25, 0.3) is 0 Å². The molecule has 0 aliphatic heterocycles. The van der Waals surface area contributed by atoms with E-state index >= 15 is 0 Å². The molecule has 142 valence electrons. The molecule has 0 saturated carbocycles. The molecular weight excluding hydrogens is 460 g/mol. The van der Waals surface area contributed by atoms with E-state index in [0.717, 1.165) is 11.1 Å². The average Bonchev–Trinajstić information content (AvgIpc) is 2.61. The van der Waals surface area contributed by atoms with Crippen LogP contribution >= 0.6 is 24.0 Å². The molecule has 1 heterocycles. The highest BCUT2D eigenvalue weighted by Gasteiger charge is 2.28. The molecule has 2 rings (SSSR count). The topological polar surface area (TPSA) is 58.5 Å². The van der Waals surface area contributed by atoms with Crippen LogP contribution < -0.4 is 15.4 Å². The average molecular weight is 480 g/mol. The number of ether oxygens (including phenoxy) is 1. The first kappa shape index (κ1) is 22.0. The number of benzene rings is 1. The highest BCUT2D eigenvalue weighted by molar-refractivity contribution is 14.0. The van der Waals surface area contributed by atoms with E-state index in [0.29, 0.717) is 19.0 Å². The van der Waals surface area contributed by atoms with Crippen molar-refractivity contribution >= 4 is 29.9 Å². The van der Waals surface area contributed by atoms with E-state index in [9.17, 15) is 13.2 Å². The minimum atomic E-state index is -4.38. The van der Waals surface area contributed by atoms with Crippen LogP contribution in [0.15, 0.2) is 53.7 Å². The molecule has 0 fully saturated rings. The first-order valence-electron chi connectivity index (χ1n) is 7.59. The fourth-order valence-electron chi connectivity index (χ4n) is 1.94. The van der Waals surface area contributed by atoms with Gasteiger partial charge in [-0.15, -0.1) is 24.0 Å². The van der Waals surface area contributed by atoms with Gasteiger partial charge >= 0.3 is 6.18 Å². The smallest absolute Gasteiger partial charge is 0.422 e. The first-order valence-corrected chi connectivity index (χ1v) is 7.59. The molecule has 0 aliphatic carbocycles. The van der Waals surface area contributed by atoms with Crippen LogP contribution in [0.2, 0.25) is 0 Å². The van der Waals surface area contributed by atoms with Gasteiger partial charge in [-0.1, -0.05) is 36.4 Å². The van der Waals surface area contributed by atoms with E-state index in [1.54, 1.807) is 13.1 Å². The zero-order valence-corrected chi connectivity index (χ0v) is 16.4. The van der Waals surface area contributed by atoms with Gasteiger partial charge in [-0.3, -0.25) is 4.99 Å². The maximum Gasteiger partial charge on any atom is 0.422 e. The van der Waals surface area contributed by atoms with Crippen LogP contribution in [-0.4, -0.2) is 30.8 Å². The largest absolute Gasteiger partial charge is 0.468 e. The summed E-state index contributed by atoms with van der Waals surface area (Å²) in [7, 11) is 1.66. The highest BCUT2D eigenvalue weighted by atomic mass is 127. The van der Waals surface area contributed by atoms with Crippen LogP contribution in [0, 0.1) is 0 Å². The lowest BCUT2D eigenvalue weighted by Crippen LogP contribution is -2.36. The second kappa shape index (κ2) is 10.8. The van der Waals surface area contributed by atoms with Crippen molar-refractivity contribution in [3.05, 3.63) is 59.8 Å². The maximum absolute atomic E-state index is 12.1. The van der Waals surface area contributed by atoms with Gasteiger partial charge in [-0.25, -0.2) is 4.98 Å². The molecule has 0 amide bonds. The summed E-state index contributed by atoms with van der Waals surface area (Å²) in [5.74, 6) is 0.550. The summed E-state index contributed by atoms with van der Waals surface area (Å²) in [5.41, 5.74) is 1.92. The van der Waals surface area contributed by atoms with Gasteiger partial charge in [0.1, 0.15) is 0 Å². The first-order chi connectivity index (χ1) is 12.0. The zero-order chi connectivity index (χ0) is 18.1. The van der Waals surface area contributed by atoms with E-state index in [1.165, 1.54) is 12.3 Å². The van der Waals surface area contributed by atoms with Crippen molar-refractivity contribution < 1.29 is 17.9 Å². The summed E-state index contributed by atoms with van der Waals surface area (Å²) in [6, 6.07) is 12.9. The Balaban J connectivity index is 0.00000338. The second-order valence-electron chi connectivity index (χ2n) is 5.17. The number of guanidine groups is 1. The van der Waals surface area contributed by atoms with Crippen molar-refractivity contribution in [2.75, 3.05) is 13.7 Å². The van der Waals surface area contributed by atoms with Gasteiger partial charge in [-0.05, 0) is 11.1 Å². The molecular formula is C17H20F3IN4O. The Labute approximate surface area is 167 Å². The third-order valence-corrected chi connectivity index (χ3v) is 3.17. The van der Waals surface area contributed by atoms with E-state index in [2.05, 4.69) is 25.3 Å². The Bertz CT molecular complexity index is 679. The molecule has 26 heavy (non-hydrogen) atoms. The Hall–Kier alpha value is -2.04. The van der Waals surface area contributed by atoms with Gasteiger partial charge < -0.3 is 15.4 Å². The molecule has 2 aromatic rings. The molecule has 0 bridgehead atoms. The van der Waals surface area contributed by atoms with Gasteiger partial charge in [0.2, 0.25) is 5.88 Å². The molecule has 9 heteroatoms. The lowest BCUT2D eigenvalue weighted by atomic mass is 10.2. The quantitative estimate of drug-likeness (QED) is 0.378. The third kappa shape index (κ3) is 8.37. The minimum absolute atomic E-state index is 0. The summed E-state index contributed by atoms with van der Waals surface area (Å²) in [5, 5.41) is 6.28. The maximum atomic E-state index is 12.1. The van der Waals surface area contributed by atoms with Crippen molar-refractivity contribution in [2.24, 2.45) is 4.99 Å². The molecule has 1 aromatic carbocycles. The van der Waals surface area contributed by atoms with E-state index < -0.39 is 12.8 Å². The SMILES string of the molecule is CN=C(NCc1ccccc1)NCc1ccc(OCC(F)(F)F)nc1.I. The van der Waals surface area contributed by atoms with Crippen LogP contribution in [0.1, 0.15) is 11.1 Å². The zero-order valence-electron chi connectivity index (χ0n) is 14.1. The molecule has 0 radical (unpaired) electrons. The number of rotatable bonds is 6. The predicted molar refractivity (Wildman–Crippen MR) is 105 cm³/mol. The molecule has 0 spiro atoms. The fourth-order valence-corrected chi connectivity index (χ4v) is 1.94. The summed E-state index contributed by atoms with van der Waals surface area (Å²) in [6.45, 7) is -0.294. The number of hydrogen-bond acceptors (Lipinski definition) is 3. The number of alkyl halides is 3. The van der Waals surface area contributed by atoms with Crippen molar-refractivity contribution in [1.29, 1.82) is 0 Å². The Morgan fingerprint density at radius 3 is 2.23 bits per heavy atom. The molecule has 0 atom stereocenters. The Kier molecular flexibility index (Phi) is 9.17. The van der Waals surface area contributed by atoms with Gasteiger partial charge in [-0.2, -0.15) is 13.2 Å². The van der Waals surface area contributed by atoms with Gasteiger partial charge in [0, 0.05) is 32.4 Å².